The van der Waals surface area contributed by atoms with E-state index >= 15 is 0 Å². The first-order chi connectivity index (χ1) is 8.83. The van der Waals surface area contributed by atoms with E-state index in [2.05, 4.69) is 11.1 Å². The largest absolute Gasteiger partial charge is 0.407 e. The summed E-state index contributed by atoms with van der Waals surface area (Å²) >= 11 is 0. The molecule has 90 valence electrons. The average molecular weight is 239 g/mol. The van der Waals surface area contributed by atoms with E-state index in [1.54, 1.807) is 0 Å². The van der Waals surface area contributed by atoms with Gasteiger partial charge in [0.25, 0.3) is 0 Å². The molecular formula is C15H13NO2. The molecule has 0 saturated heterocycles. The molecule has 1 aromatic rings. The molecule has 0 bridgehead atoms. The minimum absolute atomic E-state index is 0.242. The van der Waals surface area contributed by atoms with Crippen molar-refractivity contribution in [2.45, 2.75) is 19.3 Å². The van der Waals surface area contributed by atoms with Gasteiger partial charge in [-0.15, -0.1) is 0 Å². The summed E-state index contributed by atoms with van der Waals surface area (Å²) in [7, 11) is 0. The number of allylic oxidation sites excluding steroid dienone is 3. The van der Waals surface area contributed by atoms with Crippen molar-refractivity contribution in [3.8, 4) is 0 Å². The Kier molecular flexibility index (Phi) is 2.81. The monoisotopic (exact) mass is 239 g/mol. The van der Waals surface area contributed by atoms with E-state index in [0.717, 1.165) is 29.7 Å². The Balaban J connectivity index is 2.04. The molecule has 3 nitrogen and oxygen atoms in total. The Morgan fingerprint density at radius 1 is 1.17 bits per heavy atom. The Labute approximate surface area is 105 Å². The van der Waals surface area contributed by atoms with Crippen molar-refractivity contribution in [1.29, 1.82) is 0 Å². The van der Waals surface area contributed by atoms with Gasteiger partial charge in [0.2, 0.25) is 5.90 Å². The van der Waals surface area contributed by atoms with Gasteiger partial charge in [0, 0.05) is 11.3 Å². The molecule has 0 spiro atoms. The normalized spacial score (nSPS) is 18.9. The van der Waals surface area contributed by atoms with E-state index in [4.69, 9.17) is 4.74 Å². The van der Waals surface area contributed by atoms with Gasteiger partial charge in [0.1, 0.15) is 0 Å². The molecule has 1 aliphatic carbocycles. The average Bonchev–Trinajstić information content (AvgIpc) is 2.57. The number of aliphatic imine (C=N–C) groups is 1. The molecule has 2 aliphatic rings. The highest BCUT2D eigenvalue weighted by Crippen LogP contribution is 2.26. The first-order valence-electron chi connectivity index (χ1n) is 6.06. The number of carbonyl (C=O) groups is 1. The smallest absolute Gasteiger partial charge is 0.317 e. The number of esters is 1. The number of carbonyl (C=O) groups excluding carboxylic acids is 1. The van der Waals surface area contributed by atoms with Crippen molar-refractivity contribution in [3.05, 3.63) is 59.3 Å². The Hall–Kier alpha value is -2.16. The summed E-state index contributed by atoms with van der Waals surface area (Å²) in [5, 5.41) is 0. The lowest BCUT2D eigenvalue weighted by molar-refractivity contribution is -0.134. The standard InChI is InChI=1S/C15H13NO2/c17-14-10-12-8-4-5-9-13(12)16-15(18-14)11-6-2-1-3-7-11/h1-4,6-8H,5,9-10H2. The van der Waals surface area contributed by atoms with Gasteiger partial charge in [-0.05, 0) is 30.5 Å². The van der Waals surface area contributed by atoms with Crippen LogP contribution in [0.2, 0.25) is 0 Å². The summed E-state index contributed by atoms with van der Waals surface area (Å²) in [4.78, 5) is 16.3. The third kappa shape index (κ3) is 2.12. The fraction of sp³-hybridized carbons (Fsp3) is 0.200. The second kappa shape index (κ2) is 4.61. The van der Waals surface area contributed by atoms with Crippen LogP contribution in [0.15, 0.2) is 58.7 Å². The highest BCUT2D eigenvalue weighted by atomic mass is 16.5. The van der Waals surface area contributed by atoms with Crippen molar-refractivity contribution in [1.82, 2.24) is 0 Å². The van der Waals surface area contributed by atoms with E-state index in [-0.39, 0.29) is 5.97 Å². The van der Waals surface area contributed by atoms with Gasteiger partial charge in [-0.3, -0.25) is 4.79 Å². The predicted octanol–water partition coefficient (Wildman–Crippen LogP) is 2.98. The van der Waals surface area contributed by atoms with E-state index in [1.807, 2.05) is 36.4 Å². The molecule has 0 N–H and O–H groups in total. The number of benzene rings is 1. The summed E-state index contributed by atoms with van der Waals surface area (Å²) in [6, 6.07) is 9.54. The topological polar surface area (TPSA) is 38.7 Å². The molecule has 1 aromatic carbocycles. The fourth-order valence-corrected chi connectivity index (χ4v) is 2.14. The Bertz CT molecular complexity index is 567. The summed E-state index contributed by atoms with van der Waals surface area (Å²) in [6.07, 6.45) is 6.22. The van der Waals surface area contributed by atoms with Crippen LogP contribution in [0.25, 0.3) is 0 Å². The maximum Gasteiger partial charge on any atom is 0.317 e. The molecule has 18 heavy (non-hydrogen) atoms. The van der Waals surface area contributed by atoms with Crippen LogP contribution in [0, 0.1) is 0 Å². The molecule has 1 heterocycles. The number of cyclic esters (lactones) is 1. The minimum Gasteiger partial charge on any atom is -0.407 e. The molecule has 0 fully saturated rings. The van der Waals surface area contributed by atoms with Crippen LogP contribution in [0.3, 0.4) is 0 Å². The molecular weight excluding hydrogens is 226 g/mol. The second-order valence-corrected chi connectivity index (χ2v) is 4.35. The number of hydrogen-bond donors (Lipinski definition) is 0. The first kappa shape index (κ1) is 11.0. The summed E-state index contributed by atoms with van der Waals surface area (Å²) in [5.41, 5.74) is 2.80. The SMILES string of the molecule is O=C1CC2=C(CCC=C2)N=C(c2ccccc2)O1. The van der Waals surface area contributed by atoms with Gasteiger partial charge in [0.15, 0.2) is 0 Å². The molecule has 0 saturated carbocycles. The van der Waals surface area contributed by atoms with Crippen LogP contribution < -0.4 is 0 Å². The molecule has 1 aliphatic heterocycles. The van der Waals surface area contributed by atoms with E-state index < -0.39 is 0 Å². The fourth-order valence-electron chi connectivity index (χ4n) is 2.14. The van der Waals surface area contributed by atoms with Gasteiger partial charge in [-0.25, -0.2) is 4.99 Å². The van der Waals surface area contributed by atoms with Crippen LogP contribution >= 0.6 is 0 Å². The molecule has 0 radical (unpaired) electrons. The first-order valence-corrected chi connectivity index (χ1v) is 6.06. The summed E-state index contributed by atoms with van der Waals surface area (Å²) in [5.74, 6) is 0.176. The number of nitrogens with zero attached hydrogens (tertiary/aromatic N) is 1. The maximum atomic E-state index is 11.8. The van der Waals surface area contributed by atoms with Crippen LogP contribution in [0.5, 0.6) is 0 Å². The van der Waals surface area contributed by atoms with Crippen molar-refractivity contribution >= 4 is 11.9 Å². The van der Waals surface area contributed by atoms with Crippen molar-refractivity contribution in [3.63, 3.8) is 0 Å². The zero-order valence-corrected chi connectivity index (χ0v) is 9.93. The predicted molar refractivity (Wildman–Crippen MR) is 69.1 cm³/mol. The van der Waals surface area contributed by atoms with Crippen molar-refractivity contribution < 1.29 is 9.53 Å². The van der Waals surface area contributed by atoms with Gasteiger partial charge in [-0.1, -0.05) is 30.4 Å². The zero-order valence-electron chi connectivity index (χ0n) is 9.93. The van der Waals surface area contributed by atoms with Gasteiger partial charge >= 0.3 is 5.97 Å². The number of rotatable bonds is 1. The van der Waals surface area contributed by atoms with E-state index in [9.17, 15) is 4.79 Å². The third-order valence-electron chi connectivity index (χ3n) is 3.04. The molecule has 0 atom stereocenters. The zero-order chi connectivity index (χ0) is 12.4. The van der Waals surface area contributed by atoms with Gasteiger partial charge in [-0.2, -0.15) is 0 Å². The highest BCUT2D eigenvalue weighted by Gasteiger charge is 2.20. The molecule has 0 amide bonds. The molecule has 0 unspecified atom stereocenters. The third-order valence-corrected chi connectivity index (χ3v) is 3.04. The summed E-state index contributed by atoms with van der Waals surface area (Å²) < 4.78 is 5.32. The van der Waals surface area contributed by atoms with Crippen molar-refractivity contribution in [2.75, 3.05) is 0 Å². The van der Waals surface area contributed by atoms with Crippen LogP contribution in [0.1, 0.15) is 24.8 Å². The van der Waals surface area contributed by atoms with Crippen molar-refractivity contribution in [2.24, 2.45) is 4.99 Å². The van der Waals surface area contributed by atoms with Crippen LogP contribution in [-0.2, 0) is 9.53 Å². The van der Waals surface area contributed by atoms with E-state index in [1.165, 1.54) is 0 Å². The van der Waals surface area contributed by atoms with Crippen LogP contribution in [-0.4, -0.2) is 11.9 Å². The number of hydrogen-bond acceptors (Lipinski definition) is 3. The van der Waals surface area contributed by atoms with Gasteiger partial charge < -0.3 is 4.74 Å². The van der Waals surface area contributed by atoms with Gasteiger partial charge in [0.05, 0.1) is 6.42 Å². The lowest BCUT2D eigenvalue weighted by Gasteiger charge is -2.08. The molecule has 3 rings (SSSR count). The Morgan fingerprint density at radius 2 is 2.00 bits per heavy atom. The van der Waals surface area contributed by atoms with Crippen LogP contribution in [0.4, 0.5) is 0 Å². The Morgan fingerprint density at radius 3 is 2.83 bits per heavy atom. The quantitative estimate of drug-likeness (QED) is 0.707. The maximum absolute atomic E-state index is 11.8. The lowest BCUT2D eigenvalue weighted by atomic mass is 10.0. The highest BCUT2D eigenvalue weighted by molar-refractivity contribution is 6.02. The van der Waals surface area contributed by atoms with E-state index in [0.29, 0.717) is 12.3 Å². The minimum atomic E-state index is -0.242. The summed E-state index contributed by atoms with van der Waals surface area (Å²) in [6.45, 7) is 0. The lowest BCUT2D eigenvalue weighted by Crippen LogP contribution is -2.11. The second-order valence-electron chi connectivity index (χ2n) is 4.35. The number of ether oxygens (including phenoxy) is 1. The molecule has 0 aromatic heterocycles. The molecule has 3 heteroatoms.